The van der Waals surface area contributed by atoms with Crippen molar-refractivity contribution >= 4 is 96.4 Å². The summed E-state index contributed by atoms with van der Waals surface area (Å²) in [5.41, 5.74) is 12.8. The molecule has 5 heteroatoms. The monoisotopic (exact) mass is 1010 g/mol. The van der Waals surface area contributed by atoms with Crippen molar-refractivity contribution in [1.82, 2.24) is 19.5 Å². The van der Waals surface area contributed by atoms with E-state index in [-0.39, 0.29) is 0 Å². The van der Waals surface area contributed by atoms with Crippen LogP contribution >= 0.6 is 11.3 Å². The summed E-state index contributed by atoms with van der Waals surface area (Å²) in [6, 6.07) is 96.9. The van der Waals surface area contributed by atoms with Crippen LogP contribution in [0.1, 0.15) is 0 Å². The molecule has 362 valence electrons. The maximum atomic E-state index is 5.67. The van der Waals surface area contributed by atoms with Gasteiger partial charge >= 0.3 is 0 Å². The second-order valence-corrected chi connectivity index (χ2v) is 21.3. The molecule has 0 radical (unpaired) electrons. The number of nitrogens with zero attached hydrogens (tertiary/aromatic N) is 4. The summed E-state index contributed by atoms with van der Waals surface area (Å²) in [5, 5.41) is 14.1. The maximum absolute atomic E-state index is 5.67. The molecule has 0 fully saturated rings. The number of fused-ring (bicyclic) bond motifs is 10. The van der Waals surface area contributed by atoms with E-state index in [4.69, 9.17) is 15.0 Å². The van der Waals surface area contributed by atoms with Crippen molar-refractivity contribution in [1.29, 1.82) is 0 Å². The van der Waals surface area contributed by atoms with Gasteiger partial charge in [-0.25, -0.2) is 15.0 Å². The Hall–Kier alpha value is -10.1. The number of thiophene rings is 1. The van der Waals surface area contributed by atoms with Gasteiger partial charge in [-0.2, -0.15) is 0 Å². The van der Waals surface area contributed by atoms with Crippen LogP contribution in [0.3, 0.4) is 0 Å². The first kappa shape index (κ1) is 44.2. The van der Waals surface area contributed by atoms with Crippen molar-refractivity contribution in [3.05, 3.63) is 267 Å². The third kappa shape index (κ3) is 7.17. The van der Waals surface area contributed by atoms with Crippen LogP contribution in [-0.4, -0.2) is 19.5 Å². The van der Waals surface area contributed by atoms with E-state index in [1.807, 2.05) is 11.3 Å². The standard InChI is InChI=1S/C73H44N4S/c1-2-16-45(17-3-1)52-36-38-60-62(41-52)67(77-65-30-12-10-26-58(65)61-40-50-20-4-5-21-51(50)43-66(61)77)44-64(57-29-15-23-47-19-7-9-25-56(47)57)70(60)73-75-71(49-34-32-48(33-35-49)55-28-14-22-46-18-6-8-24-54(46)55)74-72(76-73)53-37-39-69-63(42-53)59-27-11-13-31-68(59)78-69/h1-44H. The van der Waals surface area contributed by atoms with E-state index in [1.165, 1.54) is 58.1 Å². The molecule has 0 saturated heterocycles. The fourth-order valence-corrected chi connectivity index (χ4v) is 13.2. The number of rotatable bonds is 7. The average molecular weight is 1010 g/mol. The number of hydrogen-bond donors (Lipinski definition) is 0. The van der Waals surface area contributed by atoms with Crippen molar-refractivity contribution < 1.29 is 0 Å². The number of aromatic nitrogens is 4. The lowest BCUT2D eigenvalue weighted by Gasteiger charge is -2.21. The van der Waals surface area contributed by atoms with Crippen molar-refractivity contribution in [2.75, 3.05) is 0 Å². The normalized spacial score (nSPS) is 11.8. The fraction of sp³-hybridized carbons (Fsp3) is 0. The van der Waals surface area contributed by atoms with E-state index < -0.39 is 0 Å². The molecule has 0 aliphatic rings. The van der Waals surface area contributed by atoms with E-state index in [1.54, 1.807) is 0 Å². The highest BCUT2D eigenvalue weighted by atomic mass is 32.1. The van der Waals surface area contributed by atoms with Crippen LogP contribution in [0.15, 0.2) is 267 Å². The molecule has 0 bridgehead atoms. The third-order valence-corrected chi connectivity index (χ3v) is 17.0. The van der Waals surface area contributed by atoms with Gasteiger partial charge in [0, 0.05) is 53.0 Å². The van der Waals surface area contributed by atoms with Gasteiger partial charge in [-0.15, -0.1) is 11.3 Å². The molecule has 0 amide bonds. The first-order valence-electron chi connectivity index (χ1n) is 26.5. The lowest BCUT2D eigenvalue weighted by Crippen LogP contribution is -2.04. The molecule has 0 spiro atoms. The van der Waals surface area contributed by atoms with Gasteiger partial charge in [-0.1, -0.05) is 212 Å². The van der Waals surface area contributed by atoms with Crippen LogP contribution in [0, 0.1) is 0 Å². The zero-order valence-corrected chi connectivity index (χ0v) is 42.9. The van der Waals surface area contributed by atoms with Gasteiger partial charge in [0.1, 0.15) is 0 Å². The Labute approximate surface area is 453 Å². The molecule has 13 aromatic carbocycles. The van der Waals surface area contributed by atoms with Gasteiger partial charge in [-0.05, 0) is 126 Å². The van der Waals surface area contributed by atoms with Crippen LogP contribution in [0.2, 0.25) is 0 Å². The summed E-state index contributed by atoms with van der Waals surface area (Å²) in [5.74, 6) is 1.82. The molecule has 78 heavy (non-hydrogen) atoms. The second kappa shape index (κ2) is 17.8. The van der Waals surface area contributed by atoms with Crippen LogP contribution in [0.4, 0.5) is 0 Å². The molecular formula is C73H44N4S. The highest BCUT2D eigenvalue weighted by Crippen LogP contribution is 2.47. The SMILES string of the molecule is c1ccc(-c2ccc3c(-c4nc(-c5ccc(-c6cccc7ccccc67)cc5)nc(-c5ccc6sc7ccccc7c6c5)n4)c(-c4cccc5ccccc45)cc(-n4c5ccccc5c5cc6ccccc6cc54)c3c2)cc1. The van der Waals surface area contributed by atoms with Gasteiger partial charge in [-0.3, -0.25) is 0 Å². The Balaban J connectivity index is 1.02. The Morgan fingerprint density at radius 1 is 0.256 bits per heavy atom. The molecule has 0 aliphatic carbocycles. The van der Waals surface area contributed by atoms with Crippen molar-refractivity contribution in [3.8, 4) is 73.2 Å². The van der Waals surface area contributed by atoms with Crippen LogP contribution < -0.4 is 0 Å². The Morgan fingerprint density at radius 2 is 0.808 bits per heavy atom. The minimum atomic E-state index is 0.601. The van der Waals surface area contributed by atoms with Gasteiger partial charge in [0.2, 0.25) is 0 Å². The Kier molecular flexibility index (Phi) is 10.1. The van der Waals surface area contributed by atoms with E-state index in [0.29, 0.717) is 17.5 Å². The lowest BCUT2D eigenvalue weighted by molar-refractivity contribution is 1.08. The van der Waals surface area contributed by atoms with E-state index in [0.717, 1.165) is 82.8 Å². The number of para-hydroxylation sites is 1. The first-order valence-corrected chi connectivity index (χ1v) is 27.3. The molecule has 0 N–H and O–H groups in total. The van der Waals surface area contributed by atoms with E-state index in [9.17, 15) is 0 Å². The van der Waals surface area contributed by atoms with E-state index >= 15 is 0 Å². The molecule has 3 aromatic heterocycles. The summed E-state index contributed by atoms with van der Waals surface area (Å²) < 4.78 is 4.98. The van der Waals surface area contributed by atoms with Gasteiger partial charge in [0.15, 0.2) is 17.5 Å². The van der Waals surface area contributed by atoms with Gasteiger partial charge < -0.3 is 4.57 Å². The summed E-state index contributed by atoms with van der Waals surface area (Å²) in [4.78, 5) is 16.8. The minimum absolute atomic E-state index is 0.601. The Bertz CT molecular complexity index is 5080. The van der Waals surface area contributed by atoms with Crippen LogP contribution in [-0.2, 0) is 0 Å². The van der Waals surface area contributed by atoms with E-state index in [2.05, 4.69) is 271 Å². The Morgan fingerprint density at radius 3 is 1.59 bits per heavy atom. The van der Waals surface area contributed by atoms with Gasteiger partial charge in [0.25, 0.3) is 0 Å². The van der Waals surface area contributed by atoms with Crippen molar-refractivity contribution in [2.24, 2.45) is 0 Å². The number of hydrogen-bond acceptors (Lipinski definition) is 4. The molecule has 0 aliphatic heterocycles. The predicted octanol–water partition coefficient (Wildman–Crippen LogP) is 20.0. The quantitative estimate of drug-likeness (QED) is 0.160. The smallest absolute Gasteiger partial charge is 0.165 e. The molecular weight excluding hydrogens is 965 g/mol. The minimum Gasteiger partial charge on any atom is -0.309 e. The molecule has 0 atom stereocenters. The van der Waals surface area contributed by atoms with Crippen molar-refractivity contribution in [3.63, 3.8) is 0 Å². The summed E-state index contributed by atoms with van der Waals surface area (Å²) >= 11 is 1.81. The highest BCUT2D eigenvalue weighted by Gasteiger charge is 2.25. The largest absolute Gasteiger partial charge is 0.309 e. The zero-order chi connectivity index (χ0) is 51.3. The lowest BCUT2D eigenvalue weighted by atomic mass is 9.88. The predicted molar refractivity (Wildman–Crippen MR) is 330 cm³/mol. The maximum Gasteiger partial charge on any atom is 0.165 e. The summed E-state index contributed by atoms with van der Waals surface area (Å²) in [6.07, 6.45) is 0. The molecule has 0 saturated carbocycles. The molecule has 3 heterocycles. The molecule has 16 aromatic rings. The fourth-order valence-electron chi connectivity index (χ4n) is 12.1. The molecule has 0 unspecified atom stereocenters. The topological polar surface area (TPSA) is 43.6 Å². The average Bonchev–Trinajstić information content (AvgIpc) is 4.08. The third-order valence-electron chi connectivity index (χ3n) is 15.8. The highest BCUT2D eigenvalue weighted by molar-refractivity contribution is 7.25. The van der Waals surface area contributed by atoms with Crippen LogP contribution in [0.5, 0.6) is 0 Å². The molecule has 4 nitrogen and oxygen atoms in total. The molecule has 16 rings (SSSR count). The van der Waals surface area contributed by atoms with Gasteiger partial charge in [0.05, 0.1) is 16.7 Å². The second-order valence-electron chi connectivity index (χ2n) is 20.3. The van der Waals surface area contributed by atoms with Crippen molar-refractivity contribution in [2.45, 2.75) is 0 Å². The van der Waals surface area contributed by atoms with Crippen LogP contribution in [0.25, 0.3) is 158 Å². The zero-order valence-electron chi connectivity index (χ0n) is 42.1. The summed E-state index contributed by atoms with van der Waals surface area (Å²) in [7, 11) is 0. The first-order chi connectivity index (χ1) is 38.6. The number of benzene rings is 13. The summed E-state index contributed by atoms with van der Waals surface area (Å²) in [6.45, 7) is 0.